The van der Waals surface area contributed by atoms with Crippen molar-refractivity contribution in [1.29, 1.82) is 5.26 Å². The van der Waals surface area contributed by atoms with Crippen LogP contribution in [0, 0.1) is 11.3 Å². The second kappa shape index (κ2) is 3.69. The predicted molar refractivity (Wildman–Crippen MR) is 53.0 cm³/mol. The number of phenolic OH excluding ortho intramolecular Hbond substituents is 1. The van der Waals surface area contributed by atoms with Gasteiger partial charge in [-0.25, -0.2) is 0 Å². The van der Waals surface area contributed by atoms with Gasteiger partial charge in [0.05, 0.1) is 5.56 Å². The second-order valence-corrected chi connectivity index (χ2v) is 3.58. The fraction of sp³-hybridized carbons (Fsp3) is 0.364. The quantitative estimate of drug-likeness (QED) is 0.699. The molecule has 1 aromatic carbocycles. The lowest BCUT2D eigenvalue weighted by Crippen LogP contribution is -2.07. The highest BCUT2D eigenvalue weighted by atomic mass is 16.3. The Hall–Kier alpha value is -1.53. The van der Waals surface area contributed by atoms with Crippen LogP contribution in [0.25, 0.3) is 0 Å². The molecule has 1 heterocycles. The smallest absolute Gasteiger partial charge is 0.133 e. The molecule has 14 heavy (non-hydrogen) atoms. The van der Waals surface area contributed by atoms with Gasteiger partial charge in [-0.1, -0.05) is 6.07 Å². The number of benzene rings is 1. The summed E-state index contributed by atoms with van der Waals surface area (Å²) < 4.78 is 0. The molecule has 1 saturated heterocycles. The predicted octanol–water partition coefficient (Wildman–Crippen LogP) is 1.34. The van der Waals surface area contributed by atoms with Gasteiger partial charge in [-0.15, -0.1) is 0 Å². The van der Waals surface area contributed by atoms with Gasteiger partial charge >= 0.3 is 0 Å². The van der Waals surface area contributed by atoms with E-state index in [1.165, 1.54) is 0 Å². The first-order chi connectivity index (χ1) is 6.81. The Balaban J connectivity index is 2.31. The number of nitrogens with one attached hydrogen (secondary N) is 1. The molecule has 1 fully saturated rings. The Kier molecular flexibility index (Phi) is 2.38. The Bertz CT molecular complexity index is 375. The van der Waals surface area contributed by atoms with Crippen LogP contribution in [0.1, 0.15) is 23.5 Å². The Morgan fingerprint density at radius 1 is 1.50 bits per heavy atom. The minimum Gasteiger partial charge on any atom is -0.507 e. The fourth-order valence-corrected chi connectivity index (χ4v) is 1.84. The molecular formula is C11H12N2O. The Labute approximate surface area is 83.0 Å². The number of nitriles is 1. The summed E-state index contributed by atoms with van der Waals surface area (Å²) in [4.78, 5) is 0. The van der Waals surface area contributed by atoms with Crippen molar-refractivity contribution in [1.82, 2.24) is 5.32 Å². The Morgan fingerprint density at radius 2 is 2.36 bits per heavy atom. The lowest BCUT2D eigenvalue weighted by atomic mass is 9.96. The van der Waals surface area contributed by atoms with Crippen molar-refractivity contribution in [2.24, 2.45) is 0 Å². The molecule has 2 rings (SSSR count). The van der Waals surface area contributed by atoms with Gasteiger partial charge in [-0.2, -0.15) is 5.26 Å². The number of hydrogen-bond acceptors (Lipinski definition) is 3. The molecule has 2 N–H and O–H groups in total. The largest absolute Gasteiger partial charge is 0.507 e. The second-order valence-electron chi connectivity index (χ2n) is 3.58. The van der Waals surface area contributed by atoms with Gasteiger partial charge in [0, 0.05) is 6.54 Å². The Morgan fingerprint density at radius 3 is 3.00 bits per heavy atom. The summed E-state index contributed by atoms with van der Waals surface area (Å²) in [5, 5.41) is 21.4. The van der Waals surface area contributed by atoms with E-state index in [1.807, 2.05) is 12.1 Å². The van der Waals surface area contributed by atoms with Crippen LogP contribution in [0.5, 0.6) is 5.75 Å². The van der Waals surface area contributed by atoms with E-state index in [0.717, 1.165) is 25.1 Å². The van der Waals surface area contributed by atoms with Gasteiger partial charge in [0.25, 0.3) is 0 Å². The molecule has 3 heteroatoms. The maximum atomic E-state index is 9.34. The van der Waals surface area contributed by atoms with Crippen LogP contribution in [0.15, 0.2) is 18.2 Å². The lowest BCUT2D eigenvalue weighted by Gasteiger charge is -2.09. The molecule has 1 aliphatic heterocycles. The molecule has 3 nitrogen and oxygen atoms in total. The van der Waals surface area contributed by atoms with Crippen LogP contribution in [-0.2, 0) is 0 Å². The van der Waals surface area contributed by atoms with Crippen LogP contribution in [-0.4, -0.2) is 18.2 Å². The van der Waals surface area contributed by atoms with Crippen molar-refractivity contribution in [3.05, 3.63) is 29.3 Å². The van der Waals surface area contributed by atoms with Crippen molar-refractivity contribution in [3.8, 4) is 11.8 Å². The first kappa shape index (κ1) is 9.04. The van der Waals surface area contributed by atoms with Gasteiger partial charge < -0.3 is 10.4 Å². The summed E-state index contributed by atoms with van der Waals surface area (Å²) in [6, 6.07) is 7.27. The fourth-order valence-electron chi connectivity index (χ4n) is 1.84. The highest BCUT2D eigenvalue weighted by molar-refractivity contribution is 5.45. The zero-order chi connectivity index (χ0) is 9.97. The van der Waals surface area contributed by atoms with E-state index in [1.54, 1.807) is 12.1 Å². The molecule has 0 saturated carbocycles. The van der Waals surface area contributed by atoms with Crippen molar-refractivity contribution in [2.45, 2.75) is 12.3 Å². The topological polar surface area (TPSA) is 56.0 Å². The molecule has 0 amide bonds. The number of rotatable bonds is 1. The van der Waals surface area contributed by atoms with Crippen molar-refractivity contribution in [2.75, 3.05) is 13.1 Å². The zero-order valence-electron chi connectivity index (χ0n) is 7.83. The van der Waals surface area contributed by atoms with Gasteiger partial charge in [-0.3, -0.25) is 0 Å². The van der Waals surface area contributed by atoms with Gasteiger partial charge in [-0.05, 0) is 36.6 Å². The SMILES string of the molecule is N#Cc1cc(C2CCNC2)ccc1O. The molecular weight excluding hydrogens is 176 g/mol. The van der Waals surface area contributed by atoms with E-state index in [0.29, 0.717) is 11.5 Å². The van der Waals surface area contributed by atoms with E-state index in [-0.39, 0.29) is 5.75 Å². The minimum absolute atomic E-state index is 0.0715. The van der Waals surface area contributed by atoms with E-state index < -0.39 is 0 Å². The minimum atomic E-state index is 0.0715. The number of aromatic hydroxyl groups is 1. The van der Waals surface area contributed by atoms with E-state index in [9.17, 15) is 5.11 Å². The third-order valence-electron chi connectivity index (χ3n) is 2.67. The van der Waals surface area contributed by atoms with Crippen LogP contribution < -0.4 is 5.32 Å². The van der Waals surface area contributed by atoms with E-state index >= 15 is 0 Å². The molecule has 1 aliphatic rings. The third-order valence-corrected chi connectivity index (χ3v) is 2.67. The summed E-state index contributed by atoms with van der Waals surface area (Å²) in [5.41, 5.74) is 1.51. The summed E-state index contributed by atoms with van der Waals surface area (Å²) in [6.45, 7) is 2.00. The number of hydrogen-bond donors (Lipinski definition) is 2. The average molecular weight is 188 g/mol. The molecule has 0 radical (unpaired) electrons. The third kappa shape index (κ3) is 1.57. The van der Waals surface area contributed by atoms with Gasteiger partial charge in [0.2, 0.25) is 0 Å². The van der Waals surface area contributed by atoms with Crippen LogP contribution in [0.3, 0.4) is 0 Å². The van der Waals surface area contributed by atoms with Crippen molar-refractivity contribution < 1.29 is 5.11 Å². The van der Waals surface area contributed by atoms with Gasteiger partial charge in [0.1, 0.15) is 11.8 Å². The molecule has 0 spiro atoms. The monoisotopic (exact) mass is 188 g/mol. The lowest BCUT2D eigenvalue weighted by molar-refractivity contribution is 0.473. The summed E-state index contributed by atoms with van der Waals surface area (Å²) >= 11 is 0. The molecule has 0 aliphatic carbocycles. The maximum absolute atomic E-state index is 9.34. The molecule has 72 valence electrons. The molecule has 0 aromatic heterocycles. The van der Waals surface area contributed by atoms with Crippen molar-refractivity contribution in [3.63, 3.8) is 0 Å². The normalized spacial score (nSPS) is 20.6. The van der Waals surface area contributed by atoms with Crippen LogP contribution >= 0.6 is 0 Å². The first-order valence-corrected chi connectivity index (χ1v) is 4.75. The zero-order valence-corrected chi connectivity index (χ0v) is 7.83. The first-order valence-electron chi connectivity index (χ1n) is 4.75. The molecule has 0 bridgehead atoms. The van der Waals surface area contributed by atoms with Crippen LogP contribution in [0.2, 0.25) is 0 Å². The number of phenols is 1. The van der Waals surface area contributed by atoms with Crippen molar-refractivity contribution >= 4 is 0 Å². The molecule has 1 aromatic rings. The summed E-state index contributed by atoms with van der Waals surface area (Å²) in [6.07, 6.45) is 1.11. The molecule has 1 atom stereocenters. The highest BCUT2D eigenvalue weighted by Crippen LogP contribution is 2.26. The summed E-state index contributed by atoms with van der Waals surface area (Å²) in [7, 11) is 0. The highest BCUT2D eigenvalue weighted by Gasteiger charge is 2.17. The average Bonchev–Trinajstić information content (AvgIpc) is 2.71. The van der Waals surface area contributed by atoms with E-state index in [4.69, 9.17) is 5.26 Å². The van der Waals surface area contributed by atoms with E-state index in [2.05, 4.69) is 5.32 Å². The number of nitrogens with zero attached hydrogens (tertiary/aromatic N) is 1. The standard InChI is InChI=1S/C11H12N2O/c12-6-10-5-8(1-2-11(10)14)9-3-4-13-7-9/h1-2,5,9,13-14H,3-4,7H2. The van der Waals surface area contributed by atoms with Crippen LogP contribution in [0.4, 0.5) is 0 Å². The summed E-state index contributed by atoms with van der Waals surface area (Å²) in [5.74, 6) is 0.560. The van der Waals surface area contributed by atoms with Gasteiger partial charge in [0.15, 0.2) is 0 Å². The maximum Gasteiger partial charge on any atom is 0.133 e. The molecule has 1 unspecified atom stereocenters.